The van der Waals surface area contributed by atoms with Crippen LogP contribution in [0.3, 0.4) is 0 Å². The topological polar surface area (TPSA) is 104 Å². The van der Waals surface area contributed by atoms with Gasteiger partial charge in [0.2, 0.25) is 0 Å². The van der Waals surface area contributed by atoms with Crippen LogP contribution in [-0.4, -0.2) is 44.8 Å². The average molecular weight is 355 g/mol. The van der Waals surface area contributed by atoms with Crippen molar-refractivity contribution in [1.29, 1.82) is 0 Å². The van der Waals surface area contributed by atoms with Crippen LogP contribution in [0.15, 0.2) is 24.3 Å². The van der Waals surface area contributed by atoms with Gasteiger partial charge in [0.05, 0.1) is 5.92 Å². The summed E-state index contributed by atoms with van der Waals surface area (Å²) in [5, 5.41) is 27.1. The minimum atomic E-state index is -0.822. The molecule has 3 N–H and O–H groups in total. The van der Waals surface area contributed by atoms with Crippen LogP contribution in [0.5, 0.6) is 0 Å². The quantitative estimate of drug-likeness (QED) is 0.703. The standard InChI is InChI=1S/C19H25N5O2/c1-11(2)17(19(25)26)16(18-21-23-24-22-18)9-13-4-5-15(12(3)8-13)14-6-7-20-10-14/h4-6,8,11,16-17,20H,7,9-10H2,1-3H3,(H,25,26)(H,21,22,23,24)/t16-,17-/m0/s1. The van der Waals surface area contributed by atoms with Crippen molar-refractivity contribution in [2.75, 3.05) is 13.1 Å². The molecule has 1 aliphatic heterocycles. The smallest absolute Gasteiger partial charge is 0.307 e. The van der Waals surface area contributed by atoms with E-state index in [9.17, 15) is 9.90 Å². The molecule has 0 spiro atoms. The Morgan fingerprint density at radius 3 is 2.69 bits per heavy atom. The van der Waals surface area contributed by atoms with Crippen LogP contribution in [0.1, 0.15) is 42.3 Å². The number of carbonyl (C=O) groups is 1. The number of carboxylic acids is 1. The van der Waals surface area contributed by atoms with Crippen molar-refractivity contribution in [2.24, 2.45) is 11.8 Å². The van der Waals surface area contributed by atoms with Gasteiger partial charge in [-0.15, -0.1) is 5.10 Å². The molecule has 0 aliphatic carbocycles. The predicted molar refractivity (Wildman–Crippen MR) is 98.6 cm³/mol. The Hall–Kier alpha value is -2.54. The van der Waals surface area contributed by atoms with E-state index in [4.69, 9.17) is 0 Å². The van der Waals surface area contributed by atoms with Crippen molar-refractivity contribution in [3.63, 3.8) is 0 Å². The number of H-pyrrole nitrogens is 1. The van der Waals surface area contributed by atoms with E-state index >= 15 is 0 Å². The molecule has 2 heterocycles. The maximum absolute atomic E-state index is 11.9. The van der Waals surface area contributed by atoms with Gasteiger partial charge in [-0.1, -0.05) is 38.1 Å². The summed E-state index contributed by atoms with van der Waals surface area (Å²) in [6, 6.07) is 6.35. The van der Waals surface area contributed by atoms with Gasteiger partial charge in [-0.2, -0.15) is 0 Å². The molecular weight excluding hydrogens is 330 g/mol. The number of tetrazole rings is 1. The molecule has 7 heteroatoms. The van der Waals surface area contributed by atoms with Gasteiger partial charge in [0.1, 0.15) is 0 Å². The van der Waals surface area contributed by atoms with E-state index in [2.05, 4.69) is 57.1 Å². The summed E-state index contributed by atoms with van der Waals surface area (Å²) in [6.45, 7) is 7.74. The fourth-order valence-electron chi connectivity index (χ4n) is 3.79. The van der Waals surface area contributed by atoms with Gasteiger partial charge in [0.15, 0.2) is 5.82 Å². The van der Waals surface area contributed by atoms with Gasteiger partial charge in [-0.05, 0) is 52.0 Å². The van der Waals surface area contributed by atoms with Gasteiger partial charge < -0.3 is 10.4 Å². The van der Waals surface area contributed by atoms with Crippen molar-refractivity contribution in [3.05, 3.63) is 46.8 Å². The molecule has 138 valence electrons. The number of hydrogen-bond acceptors (Lipinski definition) is 5. The molecule has 2 aromatic rings. The first-order valence-corrected chi connectivity index (χ1v) is 8.93. The summed E-state index contributed by atoms with van der Waals surface area (Å²) in [6.07, 6.45) is 2.79. The Morgan fingerprint density at radius 1 is 1.35 bits per heavy atom. The Kier molecular flexibility index (Phi) is 5.46. The van der Waals surface area contributed by atoms with Gasteiger partial charge in [-0.25, -0.2) is 5.10 Å². The molecule has 0 bridgehead atoms. The van der Waals surface area contributed by atoms with E-state index in [0.717, 1.165) is 18.7 Å². The van der Waals surface area contributed by atoms with Crippen molar-refractivity contribution in [1.82, 2.24) is 25.9 Å². The zero-order valence-electron chi connectivity index (χ0n) is 15.4. The van der Waals surface area contributed by atoms with Crippen LogP contribution in [0, 0.1) is 18.8 Å². The highest BCUT2D eigenvalue weighted by Crippen LogP contribution is 2.32. The fraction of sp³-hybridized carbons (Fsp3) is 0.474. The number of aromatic nitrogens is 4. The molecular formula is C19H25N5O2. The third kappa shape index (κ3) is 3.83. The average Bonchev–Trinajstić information content (AvgIpc) is 3.27. The number of benzene rings is 1. The maximum Gasteiger partial charge on any atom is 0.307 e. The number of nitrogens with one attached hydrogen (secondary N) is 2. The van der Waals surface area contributed by atoms with Crippen LogP contribution in [-0.2, 0) is 11.2 Å². The minimum absolute atomic E-state index is 0.0299. The Balaban J connectivity index is 1.89. The van der Waals surface area contributed by atoms with Crippen molar-refractivity contribution < 1.29 is 9.90 Å². The fourth-order valence-corrected chi connectivity index (χ4v) is 3.79. The van der Waals surface area contributed by atoms with Crippen molar-refractivity contribution in [3.8, 4) is 0 Å². The van der Waals surface area contributed by atoms with Gasteiger partial charge >= 0.3 is 5.97 Å². The van der Waals surface area contributed by atoms with Gasteiger partial charge in [0.25, 0.3) is 0 Å². The predicted octanol–water partition coefficient (Wildman–Crippen LogP) is 2.18. The zero-order valence-corrected chi connectivity index (χ0v) is 15.4. The summed E-state index contributed by atoms with van der Waals surface area (Å²) in [5.74, 6) is -1.20. The summed E-state index contributed by atoms with van der Waals surface area (Å²) >= 11 is 0. The van der Waals surface area contributed by atoms with Crippen LogP contribution in [0.4, 0.5) is 0 Å². The SMILES string of the molecule is Cc1cc(C[C@H](c2nnn[nH]2)[C@@H](C(=O)O)C(C)C)ccc1C1=CCNC1. The van der Waals surface area contributed by atoms with Crippen molar-refractivity contribution >= 4 is 11.5 Å². The summed E-state index contributed by atoms with van der Waals surface area (Å²) < 4.78 is 0. The van der Waals surface area contributed by atoms with E-state index in [0.29, 0.717) is 12.2 Å². The van der Waals surface area contributed by atoms with E-state index in [1.807, 2.05) is 13.8 Å². The molecule has 3 rings (SSSR count). The lowest BCUT2D eigenvalue weighted by Gasteiger charge is -2.25. The van der Waals surface area contributed by atoms with Crippen LogP contribution in [0.2, 0.25) is 0 Å². The molecule has 1 aliphatic rings. The number of rotatable bonds is 7. The Morgan fingerprint density at radius 2 is 2.15 bits per heavy atom. The summed E-state index contributed by atoms with van der Waals surface area (Å²) in [7, 11) is 0. The number of aliphatic carboxylic acids is 1. The molecule has 1 aromatic heterocycles. The van der Waals surface area contributed by atoms with E-state index < -0.39 is 11.9 Å². The van der Waals surface area contributed by atoms with E-state index in [1.54, 1.807) is 0 Å². The monoisotopic (exact) mass is 355 g/mol. The minimum Gasteiger partial charge on any atom is -0.481 e. The largest absolute Gasteiger partial charge is 0.481 e. The molecule has 0 amide bonds. The number of hydrogen-bond donors (Lipinski definition) is 3. The third-order valence-corrected chi connectivity index (χ3v) is 5.05. The lowest BCUT2D eigenvalue weighted by molar-refractivity contribution is -0.144. The molecule has 0 radical (unpaired) electrons. The highest BCUT2D eigenvalue weighted by Gasteiger charge is 2.34. The second-order valence-corrected chi connectivity index (χ2v) is 7.21. The third-order valence-electron chi connectivity index (χ3n) is 5.05. The second kappa shape index (κ2) is 7.78. The maximum atomic E-state index is 11.9. The molecule has 0 saturated heterocycles. The summed E-state index contributed by atoms with van der Waals surface area (Å²) in [4.78, 5) is 11.9. The van der Waals surface area contributed by atoms with E-state index in [1.165, 1.54) is 16.7 Å². The molecule has 2 atom stereocenters. The number of aryl methyl sites for hydroxylation is 1. The van der Waals surface area contributed by atoms with Crippen LogP contribution < -0.4 is 5.32 Å². The highest BCUT2D eigenvalue weighted by atomic mass is 16.4. The Bertz CT molecular complexity index is 798. The van der Waals surface area contributed by atoms with Crippen LogP contribution in [0.25, 0.3) is 5.57 Å². The van der Waals surface area contributed by atoms with Gasteiger partial charge in [-0.3, -0.25) is 4.79 Å². The molecule has 1 aromatic carbocycles. The molecule has 0 unspecified atom stereocenters. The number of nitrogens with zero attached hydrogens (tertiary/aromatic N) is 3. The molecule has 7 nitrogen and oxygen atoms in total. The Labute approximate surface area is 152 Å². The van der Waals surface area contributed by atoms with Gasteiger partial charge in [0, 0.05) is 19.0 Å². The first-order valence-electron chi connectivity index (χ1n) is 8.93. The highest BCUT2D eigenvalue weighted by molar-refractivity contribution is 5.72. The lowest BCUT2D eigenvalue weighted by atomic mass is 9.79. The molecule has 0 fully saturated rings. The normalized spacial score (nSPS) is 16.5. The second-order valence-electron chi connectivity index (χ2n) is 7.21. The van der Waals surface area contributed by atoms with Crippen LogP contribution >= 0.6 is 0 Å². The number of carboxylic acid groups (broad SMARTS) is 1. The van der Waals surface area contributed by atoms with E-state index in [-0.39, 0.29) is 11.8 Å². The summed E-state index contributed by atoms with van der Waals surface area (Å²) in [5.41, 5.74) is 4.85. The zero-order chi connectivity index (χ0) is 18.7. The van der Waals surface area contributed by atoms with Crippen molar-refractivity contribution in [2.45, 2.75) is 33.1 Å². The first-order chi connectivity index (χ1) is 12.5. The number of aromatic amines is 1. The lowest BCUT2D eigenvalue weighted by Crippen LogP contribution is -2.29. The molecule has 26 heavy (non-hydrogen) atoms. The first kappa shape index (κ1) is 18.3. The molecule has 0 saturated carbocycles.